The molecule has 1 unspecified atom stereocenters. The monoisotopic (exact) mass is 239 g/mol. The average Bonchev–Trinajstić information content (AvgIpc) is 2.30. The summed E-state index contributed by atoms with van der Waals surface area (Å²) in [5.41, 5.74) is 5.67. The summed E-state index contributed by atoms with van der Waals surface area (Å²) in [4.78, 5) is 24.6. The molecule has 1 heterocycles. The second-order valence-corrected chi connectivity index (χ2v) is 4.42. The molecule has 0 bridgehead atoms. The minimum Gasteiger partial charge on any atom is -0.352 e. The van der Waals surface area contributed by atoms with Crippen LogP contribution in [-0.2, 0) is 9.59 Å². The van der Waals surface area contributed by atoms with E-state index in [1.54, 1.807) is 17.9 Å². The summed E-state index contributed by atoms with van der Waals surface area (Å²) in [5.74, 6) is -0.0377. The van der Waals surface area contributed by atoms with Crippen LogP contribution in [0.15, 0.2) is 12.7 Å². The number of carbonyl (C=O) groups is 2. The van der Waals surface area contributed by atoms with Crippen molar-refractivity contribution in [2.24, 2.45) is 5.73 Å². The van der Waals surface area contributed by atoms with Crippen molar-refractivity contribution in [3.05, 3.63) is 12.7 Å². The van der Waals surface area contributed by atoms with E-state index in [1.165, 1.54) is 0 Å². The van der Waals surface area contributed by atoms with Crippen molar-refractivity contribution >= 4 is 11.8 Å². The van der Waals surface area contributed by atoms with E-state index in [2.05, 4.69) is 11.9 Å². The number of nitrogens with zero attached hydrogens (tertiary/aromatic N) is 1. The minimum absolute atomic E-state index is 0.0955. The quantitative estimate of drug-likeness (QED) is 0.679. The predicted molar refractivity (Wildman–Crippen MR) is 66.2 cm³/mol. The first kappa shape index (κ1) is 13.7. The SMILES string of the molecule is C=CCC(N)C(=O)NC1CCN(C(C)=O)CC1. The third-order valence-corrected chi connectivity index (χ3v) is 3.04. The molecule has 1 aliphatic rings. The van der Waals surface area contributed by atoms with E-state index in [4.69, 9.17) is 5.73 Å². The van der Waals surface area contributed by atoms with E-state index in [0.717, 1.165) is 12.8 Å². The van der Waals surface area contributed by atoms with E-state index in [-0.39, 0.29) is 17.9 Å². The minimum atomic E-state index is -0.515. The van der Waals surface area contributed by atoms with Gasteiger partial charge in [-0.2, -0.15) is 0 Å². The molecule has 2 amide bonds. The first-order valence-electron chi connectivity index (χ1n) is 5.97. The molecular weight excluding hydrogens is 218 g/mol. The van der Waals surface area contributed by atoms with Crippen molar-refractivity contribution in [2.45, 2.75) is 38.3 Å². The molecule has 5 heteroatoms. The molecule has 96 valence electrons. The highest BCUT2D eigenvalue weighted by Gasteiger charge is 2.23. The summed E-state index contributed by atoms with van der Waals surface area (Å²) >= 11 is 0. The number of hydrogen-bond donors (Lipinski definition) is 2. The maximum atomic E-state index is 11.7. The van der Waals surface area contributed by atoms with Gasteiger partial charge in [-0.05, 0) is 19.3 Å². The normalized spacial score (nSPS) is 18.6. The van der Waals surface area contributed by atoms with E-state index in [9.17, 15) is 9.59 Å². The highest BCUT2D eigenvalue weighted by molar-refractivity contribution is 5.82. The number of nitrogens with two attached hydrogens (primary N) is 1. The van der Waals surface area contributed by atoms with Crippen LogP contribution in [-0.4, -0.2) is 41.9 Å². The van der Waals surface area contributed by atoms with Crippen LogP contribution in [0.1, 0.15) is 26.2 Å². The van der Waals surface area contributed by atoms with Crippen LogP contribution in [0, 0.1) is 0 Å². The van der Waals surface area contributed by atoms with Gasteiger partial charge in [0, 0.05) is 26.1 Å². The molecule has 5 nitrogen and oxygen atoms in total. The van der Waals surface area contributed by atoms with Gasteiger partial charge in [-0.1, -0.05) is 6.08 Å². The molecule has 0 spiro atoms. The lowest BCUT2D eigenvalue weighted by Crippen LogP contribution is -2.50. The van der Waals surface area contributed by atoms with Crippen molar-refractivity contribution in [1.29, 1.82) is 0 Å². The van der Waals surface area contributed by atoms with Gasteiger partial charge in [0.2, 0.25) is 11.8 Å². The van der Waals surface area contributed by atoms with E-state index >= 15 is 0 Å². The summed E-state index contributed by atoms with van der Waals surface area (Å²) in [6.07, 6.45) is 3.72. The van der Waals surface area contributed by atoms with Crippen LogP contribution in [0.2, 0.25) is 0 Å². The smallest absolute Gasteiger partial charge is 0.237 e. The third kappa shape index (κ3) is 4.19. The molecule has 0 radical (unpaired) electrons. The number of nitrogens with one attached hydrogen (secondary N) is 1. The molecule has 1 saturated heterocycles. The fraction of sp³-hybridized carbons (Fsp3) is 0.667. The summed E-state index contributed by atoms with van der Waals surface area (Å²) in [6.45, 7) is 6.53. The molecule has 1 fully saturated rings. The molecule has 0 aliphatic carbocycles. The van der Waals surface area contributed by atoms with Gasteiger partial charge in [0.1, 0.15) is 0 Å². The Bertz CT molecular complexity index is 296. The van der Waals surface area contributed by atoms with Crippen molar-refractivity contribution in [3.8, 4) is 0 Å². The number of piperidine rings is 1. The summed E-state index contributed by atoms with van der Waals surface area (Å²) in [5, 5.41) is 2.91. The molecule has 1 rings (SSSR count). The van der Waals surface area contributed by atoms with Crippen LogP contribution < -0.4 is 11.1 Å². The molecule has 1 aliphatic heterocycles. The Balaban J connectivity index is 2.32. The zero-order valence-corrected chi connectivity index (χ0v) is 10.3. The fourth-order valence-corrected chi connectivity index (χ4v) is 1.93. The average molecular weight is 239 g/mol. The van der Waals surface area contributed by atoms with Gasteiger partial charge in [-0.25, -0.2) is 0 Å². The largest absolute Gasteiger partial charge is 0.352 e. The van der Waals surface area contributed by atoms with Crippen molar-refractivity contribution in [1.82, 2.24) is 10.2 Å². The van der Waals surface area contributed by atoms with Crippen molar-refractivity contribution < 1.29 is 9.59 Å². The number of carbonyl (C=O) groups excluding carboxylic acids is 2. The first-order chi connectivity index (χ1) is 8.04. The fourth-order valence-electron chi connectivity index (χ4n) is 1.93. The van der Waals surface area contributed by atoms with Crippen LogP contribution in [0.25, 0.3) is 0 Å². The van der Waals surface area contributed by atoms with Crippen LogP contribution in [0.3, 0.4) is 0 Å². The van der Waals surface area contributed by atoms with E-state index in [0.29, 0.717) is 19.5 Å². The summed E-state index contributed by atoms with van der Waals surface area (Å²) in [7, 11) is 0. The Kier molecular flexibility index (Phi) is 5.15. The van der Waals surface area contributed by atoms with Crippen LogP contribution in [0.5, 0.6) is 0 Å². The van der Waals surface area contributed by atoms with Crippen molar-refractivity contribution in [3.63, 3.8) is 0 Å². The molecule has 1 atom stereocenters. The number of rotatable bonds is 4. The topological polar surface area (TPSA) is 75.4 Å². The summed E-state index contributed by atoms with van der Waals surface area (Å²) < 4.78 is 0. The molecule has 0 aromatic heterocycles. The zero-order chi connectivity index (χ0) is 12.8. The van der Waals surface area contributed by atoms with Crippen LogP contribution in [0.4, 0.5) is 0 Å². The second-order valence-electron chi connectivity index (χ2n) is 4.42. The van der Waals surface area contributed by atoms with E-state index in [1.807, 2.05) is 0 Å². The molecule has 3 N–H and O–H groups in total. The van der Waals surface area contributed by atoms with Gasteiger partial charge in [-0.3, -0.25) is 9.59 Å². The lowest BCUT2D eigenvalue weighted by molar-refractivity contribution is -0.130. The maximum Gasteiger partial charge on any atom is 0.237 e. The Hall–Kier alpha value is -1.36. The summed E-state index contributed by atoms with van der Waals surface area (Å²) in [6, 6.07) is -0.382. The standard InChI is InChI=1S/C12H21N3O2/c1-3-4-11(13)12(17)14-10-5-7-15(8-6-10)9(2)16/h3,10-11H,1,4-8,13H2,2H3,(H,14,17). The lowest BCUT2D eigenvalue weighted by atomic mass is 10.0. The third-order valence-electron chi connectivity index (χ3n) is 3.04. The molecule has 0 aromatic rings. The molecular formula is C12H21N3O2. The Morgan fingerprint density at radius 2 is 2.12 bits per heavy atom. The van der Waals surface area contributed by atoms with Crippen molar-refractivity contribution in [2.75, 3.05) is 13.1 Å². The van der Waals surface area contributed by atoms with E-state index < -0.39 is 6.04 Å². The van der Waals surface area contributed by atoms with Gasteiger partial charge >= 0.3 is 0 Å². The Morgan fingerprint density at radius 3 is 2.59 bits per heavy atom. The first-order valence-corrected chi connectivity index (χ1v) is 5.97. The predicted octanol–water partition coefficient (Wildman–Crippen LogP) is 0.0169. The molecule has 0 aromatic carbocycles. The molecule has 17 heavy (non-hydrogen) atoms. The van der Waals surface area contributed by atoms with Gasteiger partial charge < -0.3 is 16.0 Å². The Morgan fingerprint density at radius 1 is 1.53 bits per heavy atom. The zero-order valence-electron chi connectivity index (χ0n) is 10.3. The molecule has 0 saturated carbocycles. The van der Waals surface area contributed by atoms with Gasteiger partial charge in [-0.15, -0.1) is 6.58 Å². The number of hydrogen-bond acceptors (Lipinski definition) is 3. The van der Waals surface area contributed by atoms with Gasteiger partial charge in [0.05, 0.1) is 6.04 Å². The lowest BCUT2D eigenvalue weighted by Gasteiger charge is -2.32. The number of amides is 2. The van der Waals surface area contributed by atoms with Gasteiger partial charge in [0.25, 0.3) is 0 Å². The Labute approximate surface area is 102 Å². The highest BCUT2D eigenvalue weighted by atomic mass is 16.2. The van der Waals surface area contributed by atoms with Gasteiger partial charge in [0.15, 0.2) is 0 Å². The second kappa shape index (κ2) is 6.39. The number of likely N-dealkylation sites (tertiary alicyclic amines) is 1. The van der Waals surface area contributed by atoms with Crippen LogP contribution >= 0.6 is 0 Å². The highest BCUT2D eigenvalue weighted by Crippen LogP contribution is 2.10. The maximum absolute atomic E-state index is 11.7.